The summed E-state index contributed by atoms with van der Waals surface area (Å²) in [7, 11) is -2.04. The van der Waals surface area contributed by atoms with Crippen LogP contribution in [0.3, 0.4) is 0 Å². The van der Waals surface area contributed by atoms with Crippen molar-refractivity contribution in [1.29, 1.82) is 0 Å². The van der Waals surface area contributed by atoms with Gasteiger partial charge in [-0.1, -0.05) is 6.07 Å². The number of hydrogen-bond donors (Lipinski definition) is 2. The van der Waals surface area contributed by atoms with E-state index < -0.39 is 28.3 Å². The molecule has 0 bridgehead atoms. The lowest BCUT2D eigenvalue weighted by molar-refractivity contribution is -0.127. The van der Waals surface area contributed by atoms with Gasteiger partial charge < -0.3 is 15.4 Å². The lowest BCUT2D eigenvalue weighted by Gasteiger charge is -2.09. The summed E-state index contributed by atoms with van der Waals surface area (Å²) >= 11 is 0. The zero-order valence-corrected chi connectivity index (χ0v) is 13.8. The molecule has 0 radical (unpaired) electrons. The maximum atomic E-state index is 12.0. The minimum absolute atomic E-state index is 0.0147. The number of carbonyl (C=O) groups is 3. The quantitative estimate of drug-likeness (QED) is 0.668. The summed E-state index contributed by atoms with van der Waals surface area (Å²) in [6.45, 7) is 0.822. The fourth-order valence-corrected chi connectivity index (χ4v) is 2.23. The second-order valence-corrected chi connectivity index (χ2v) is 6.79. The van der Waals surface area contributed by atoms with Gasteiger partial charge >= 0.3 is 5.97 Å². The van der Waals surface area contributed by atoms with E-state index >= 15 is 0 Å². The Hall–Kier alpha value is -2.42. The summed E-state index contributed by atoms with van der Waals surface area (Å²) in [4.78, 5) is 34.4. The van der Waals surface area contributed by atoms with Gasteiger partial charge in [0.25, 0.3) is 5.91 Å². The van der Waals surface area contributed by atoms with Crippen molar-refractivity contribution in [3.63, 3.8) is 0 Å². The molecule has 0 aliphatic rings. The first kappa shape index (κ1) is 18.6. The number of benzene rings is 1. The van der Waals surface area contributed by atoms with Gasteiger partial charge in [0.15, 0.2) is 16.4 Å². The third kappa shape index (κ3) is 5.70. The number of hydrogen-bond acceptors (Lipinski definition) is 6. The average molecular weight is 342 g/mol. The Bertz CT molecular complexity index is 727. The van der Waals surface area contributed by atoms with Gasteiger partial charge in [-0.05, 0) is 24.6 Å². The largest absolute Gasteiger partial charge is 0.452 e. The number of esters is 1. The molecule has 0 saturated carbocycles. The molecule has 0 unspecified atom stereocenters. The van der Waals surface area contributed by atoms with Crippen molar-refractivity contribution in [3.05, 3.63) is 29.3 Å². The molecule has 0 aromatic heterocycles. The van der Waals surface area contributed by atoms with Crippen LogP contribution in [0.5, 0.6) is 0 Å². The second kappa shape index (κ2) is 7.73. The monoisotopic (exact) mass is 342 g/mol. The summed E-state index contributed by atoms with van der Waals surface area (Å²) in [5.74, 6) is -1.84. The van der Waals surface area contributed by atoms with Gasteiger partial charge in [0.05, 0.1) is 17.0 Å². The number of amides is 2. The van der Waals surface area contributed by atoms with Gasteiger partial charge in [0.1, 0.15) is 0 Å². The van der Waals surface area contributed by atoms with E-state index in [1.54, 1.807) is 6.92 Å². The van der Waals surface area contributed by atoms with E-state index in [-0.39, 0.29) is 22.9 Å². The number of sulfone groups is 1. The molecular formula is C14H18N2O6S. The predicted octanol–water partition coefficient (Wildman–Crippen LogP) is -0.582. The molecule has 0 heterocycles. The zero-order chi connectivity index (χ0) is 17.6. The van der Waals surface area contributed by atoms with Crippen molar-refractivity contribution in [2.75, 3.05) is 26.5 Å². The van der Waals surface area contributed by atoms with E-state index in [9.17, 15) is 22.8 Å². The molecule has 1 aromatic rings. The Balaban J connectivity index is 2.72. The summed E-state index contributed by atoms with van der Waals surface area (Å²) < 4.78 is 27.8. The molecule has 2 N–H and O–H groups in total. The molecule has 0 spiro atoms. The second-order valence-electron chi connectivity index (χ2n) is 4.77. The van der Waals surface area contributed by atoms with Crippen molar-refractivity contribution >= 4 is 27.6 Å². The van der Waals surface area contributed by atoms with Gasteiger partial charge in [-0.25, -0.2) is 13.2 Å². The van der Waals surface area contributed by atoms with E-state index in [4.69, 9.17) is 4.74 Å². The maximum absolute atomic E-state index is 12.0. The topological polar surface area (TPSA) is 119 Å². The first-order valence-corrected chi connectivity index (χ1v) is 8.49. The number of rotatable bonds is 6. The number of aryl methyl sites for hydroxylation is 1. The molecule has 126 valence electrons. The molecule has 2 amide bonds. The minimum atomic E-state index is -3.46. The van der Waals surface area contributed by atoms with Crippen LogP contribution in [0.1, 0.15) is 15.9 Å². The first-order chi connectivity index (χ1) is 10.6. The van der Waals surface area contributed by atoms with E-state index in [0.717, 1.165) is 6.26 Å². The van der Waals surface area contributed by atoms with E-state index in [2.05, 4.69) is 10.6 Å². The predicted molar refractivity (Wildman–Crippen MR) is 81.6 cm³/mol. The van der Waals surface area contributed by atoms with Crippen LogP contribution in [0.25, 0.3) is 0 Å². The Morgan fingerprint density at radius 3 is 2.39 bits per heavy atom. The highest BCUT2D eigenvalue weighted by Crippen LogP contribution is 2.16. The molecule has 0 aliphatic carbocycles. The molecule has 9 heteroatoms. The Kier molecular flexibility index (Phi) is 6.26. The van der Waals surface area contributed by atoms with Crippen molar-refractivity contribution in [2.45, 2.75) is 11.8 Å². The van der Waals surface area contributed by atoms with E-state index in [1.165, 1.54) is 25.2 Å². The van der Waals surface area contributed by atoms with Crippen LogP contribution in [-0.2, 0) is 24.2 Å². The van der Waals surface area contributed by atoms with Crippen LogP contribution < -0.4 is 10.6 Å². The zero-order valence-electron chi connectivity index (χ0n) is 13.0. The third-order valence-electron chi connectivity index (χ3n) is 2.92. The van der Waals surface area contributed by atoms with Crippen LogP contribution in [0, 0.1) is 6.92 Å². The summed E-state index contributed by atoms with van der Waals surface area (Å²) in [6, 6.07) is 4.07. The van der Waals surface area contributed by atoms with E-state index in [1.807, 2.05) is 0 Å². The van der Waals surface area contributed by atoms with Crippen molar-refractivity contribution in [3.8, 4) is 0 Å². The fraction of sp³-hybridized carbons (Fsp3) is 0.357. The van der Waals surface area contributed by atoms with Crippen LogP contribution in [-0.4, -0.2) is 52.7 Å². The number of nitrogens with one attached hydrogen (secondary N) is 2. The highest BCUT2D eigenvalue weighted by atomic mass is 32.2. The molecular weight excluding hydrogens is 324 g/mol. The minimum Gasteiger partial charge on any atom is -0.452 e. The maximum Gasteiger partial charge on any atom is 0.338 e. The van der Waals surface area contributed by atoms with Gasteiger partial charge in [0.2, 0.25) is 5.91 Å². The van der Waals surface area contributed by atoms with Crippen molar-refractivity contribution < 1.29 is 27.5 Å². The SMILES string of the molecule is CNC(=O)CNC(=O)COC(=O)c1cc(S(C)(=O)=O)ccc1C. The lowest BCUT2D eigenvalue weighted by atomic mass is 10.1. The molecule has 0 fully saturated rings. The fourth-order valence-electron chi connectivity index (χ4n) is 1.58. The first-order valence-electron chi connectivity index (χ1n) is 6.60. The average Bonchev–Trinajstić information content (AvgIpc) is 2.49. The van der Waals surface area contributed by atoms with E-state index in [0.29, 0.717) is 5.56 Å². The standard InChI is InChI=1S/C14H18N2O6S/c1-9-4-5-10(23(3,20)21)6-11(9)14(19)22-8-13(18)16-7-12(17)15-2/h4-6H,7-8H2,1-3H3,(H,15,17)(H,16,18). The molecule has 1 aromatic carbocycles. The summed E-state index contributed by atoms with van der Waals surface area (Å²) in [5.41, 5.74) is 0.584. The van der Waals surface area contributed by atoms with Gasteiger partial charge in [-0.3, -0.25) is 9.59 Å². The molecule has 0 atom stereocenters. The smallest absolute Gasteiger partial charge is 0.338 e. The Morgan fingerprint density at radius 1 is 1.17 bits per heavy atom. The highest BCUT2D eigenvalue weighted by Gasteiger charge is 2.16. The van der Waals surface area contributed by atoms with Gasteiger partial charge in [-0.15, -0.1) is 0 Å². The number of carbonyl (C=O) groups excluding carboxylic acids is 3. The van der Waals surface area contributed by atoms with Gasteiger partial charge in [0, 0.05) is 13.3 Å². The van der Waals surface area contributed by atoms with Crippen LogP contribution in [0.2, 0.25) is 0 Å². The van der Waals surface area contributed by atoms with Crippen LogP contribution >= 0.6 is 0 Å². The van der Waals surface area contributed by atoms with Crippen LogP contribution in [0.4, 0.5) is 0 Å². The lowest BCUT2D eigenvalue weighted by Crippen LogP contribution is -2.37. The van der Waals surface area contributed by atoms with Crippen LogP contribution in [0.15, 0.2) is 23.1 Å². The molecule has 8 nitrogen and oxygen atoms in total. The van der Waals surface area contributed by atoms with Crippen molar-refractivity contribution in [1.82, 2.24) is 10.6 Å². The molecule has 0 saturated heterocycles. The summed E-state index contributed by atoms with van der Waals surface area (Å²) in [6.07, 6.45) is 1.03. The van der Waals surface area contributed by atoms with Crippen molar-refractivity contribution in [2.24, 2.45) is 0 Å². The number of likely N-dealkylation sites (N-methyl/N-ethyl adjacent to an activating group) is 1. The highest BCUT2D eigenvalue weighted by molar-refractivity contribution is 7.90. The van der Waals surface area contributed by atoms with Gasteiger partial charge in [-0.2, -0.15) is 0 Å². The third-order valence-corrected chi connectivity index (χ3v) is 4.03. The normalized spacial score (nSPS) is 10.7. The Morgan fingerprint density at radius 2 is 1.83 bits per heavy atom. The Labute approximate surface area is 134 Å². The number of ether oxygens (including phenoxy) is 1. The molecule has 23 heavy (non-hydrogen) atoms. The molecule has 0 aliphatic heterocycles. The summed E-state index contributed by atoms with van der Waals surface area (Å²) in [5, 5.41) is 4.59. The molecule has 1 rings (SSSR count).